The van der Waals surface area contributed by atoms with Crippen LogP contribution in [0.1, 0.15) is 17.2 Å². The molecule has 1 fully saturated rings. The first kappa shape index (κ1) is 20.8. The topological polar surface area (TPSA) is 110 Å². The first-order valence-electron chi connectivity index (χ1n) is 9.67. The molecule has 1 amide bonds. The number of Topliss-reactive ketones (excluding diaryl/α,β-unsaturated/α-hetero) is 1. The number of nitro benzene ring substituents is 1. The van der Waals surface area contributed by atoms with Crippen LogP contribution in [0.25, 0.3) is 5.76 Å². The van der Waals surface area contributed by atoms with Gasteiger partial charge in [0.2, 0.25) is 0 Å². The SMILES string of the molecule is COc1ccc(N2C(=O)C(=O)C(=C(O)c3ccc([N+](=O)[O-])cc3)[C@@H]2c2ccccc2)cc1. The molecular formula is C24H18N2O6. The van der Waals surface area contributed by atoms with Crippen molar-refractivity contribution >= 4 is 28.8 Å². The fraction of sp³-hybridized carbons (Fsp3) is 0.0833. The third-order valence-corrected chi connectivity index (χ3v) is 5.26. The summed E-state index contributed by atoms with van der Waals surface area (Å²) in [6.45, 7) is 0. The van der Waals surface area contributed by atoms with E-state index in [0.717, 1.165) is 0 Å². The lowest BCUT2D eigenvalue weighted by atomic mass is 9.95. The maximum atomic E-state index is 13.0. The van der Waals surface area contributed by atoms with Crippen molar-refractivity contribution in [3.05, 3.63) is 106 Å². The van der Waals surface area contributed by atoms with Gasteiger partial charge >= 0.3 is 0 Å². The van der Waals surface area contributed by atoms with Gasteiger partial charge in [0.05, 0.1) is 23.6 Å². The number of aliphatic hydroxyl groups excluding tert-OH is 1. The van der Waals surface area contributed by atoms with Gasteiger partial charge < -0.3 is 9.84 Å². The van der Waals surface area contributed by atoms with Crippen LogP contribution in [0.4, 0.5) is 11.4 Å². The molecule has 0 saturated carbocycles. The number of rotatable bonds is 5. The van der Waals surface area contributed by atoms with Gasteiger partial charge in [-0.3, -0.25) is 24.6 Å². The van der Waals surface area contributed by atoms with E-state index in [4.69, 9.17) is 4.74 Å². The molecule has 0 spiro atoms. The van der Waals surface area contributed by atoms with Gasteiger partial charge in [-0.05, 0) is 42.0 Å². The minimum Gasteiger partial charge on any atom is -0.507 e. The third-order valence-electron chi connectivity index (χ3n) is 5.26. The van der Waals surface area contributed by atoms with Gasteiger partial charge in [-0.25, -0.2) is 0 Å². The minimum atomic E-state index is -0.875. The Hall–Kier alpha value is -4.46. The summed E-state index contributed by atoms with van der Waals surface area (Å²) in [6, 6.07) is 19.8. The van der Waals surface area contributed by atoms with Crippen molar-refractivity contribution < 1.29 is 24.4 Å². The van der Waals surface area contributed by atoms with E-state index in [1.165, 1.54) is 36.3 Å². The second-order valence-corrected chi connectivity index (χ2v) is 7.08. The van der Waals surface area contributed by atoms with Crippen LogP contribution in [0, 0.1) is 10.1 Å². The highest BCUT2D eigenvalue weighted by Gasteiger charge is 2.46. The van der Waals surface area contributed by atoms with Crippen LogP contribution in [0.3, 0.4) is 0 Å². The highest BCUT2D eigenvalue weighted by atomic mass is 16.6. The summed E-state index contributed by atoms with van der Waals surface area (Å²) in [5.41, 5.74) is 1.05. The van der Waals surface area contributed by atoms with E-state index in [2.05, 4.69) is 0 Å². The van der Waals surface area contributed by atoms with Crippen molar-refractivity contribution in [2.24, 2.45) is 0 Å². The van der Waals surface area contributed by atoms with Crippen LogP contribution in [0.5, 0.6) is 5.75 Å². The number of anilines is 1. The second kappa shape index (κ2) is 8.35. The second-order valence-electron chi connectivity index (χ2n) is 7.08. The molecule has 0 radical (unpaired) electrons. The summed E-state index contributed by atoms with van der Waals surface area (Å²) in [7, 11) is 1.52. The standard InChI is InChI=1S/C24H18N2O6/c1-32-19-13-11-17(12-14-19)25-21(15-5-3-2-4-6-15)20(23(28)24(25)29)22(27)16-7-9-18(10-8-16)26(30)31/h2-14,21,27H,1H3/t21-/m0/s1. The number of carbonyl (C=O) groups excluding carboxylic acids is 2. The Kier molecular flexibility index (Phi) is 5.43. The molecule has 1 atom stereocenters. The fourth-order valence-electron chi connectivity index (χ4n) is 3.69. The van der Waals surface area contributed by atoms with E-state index in [0.29, 0.717) is 17.0 Å². The van der Waals surface area contributed by atoms with Gasteiger partial charge in [-0.15, -0.1) is 0 Å². The lowest BCUT2D eigenvalue weighted by molar-refractivity contribution is -0.384. The van der Waals surface area contributed by atoms with E-state index >= 15 is 0 Å². The highest BCUT2D eigenvalue weighted by molar-refractivity contribution is 6.51. The molecule has 1 saturated heterocycles. The van der Waals surface area contributed by atoms with Crippen LogP contribution in [-0.4, -0.2) is 28.8 Å². The lowest BCUT2D eigenvalue weighted by Gasteiger charge is -2.25. The number of ketones is 1. The molecule has 8 heteroatoms. The Morgan fingerprint density at radius 2 is 1.59 bits per heavy atom. The monoisotopic (exact) mass is 430 g/mol. The molecule has 1 aliphatic heterocycles. The molecule has 4 rings (SSSR count). The van der Waals surface area contributed by atoms with Crippen LogP contribution >= 0.6 is 0 Å². The molecule has 3 aromatic carbocycles. The lowest BCUT2D eigenvalue weighted by Crippen LogP contribution is -2.29. The molecule has 32 heavy (non-hydrogen) atoms. The molecular weight excluding hydrogens is 412 g/mol. The maximum absolute atomic E-state index is 13.0. The van der Waals surface area contributed by atoms with Crippen LogP contribution in [-0.2, 0) is 9.59 Å². The molecule has 1 aliphatic rings. The number of non-ortho nitro benzene ring substituents is 1. The van der Waals surface area contributed by atoms with E-state index in [1.807, 2.05) is 0 Å². The molecule has 0 unspecified atom stereocenters. The molecule has 1 N–H and O–H groups in total. The van der Waals surface area contributed by atoms with Crippen molar-refractivity contribution in [1.82, 2.24) is 0 Å². The van der Waals surface area contributed by atoms with E-state index in [-0.39, 0.29) is 16.8 Å². The molecule has 0 aliphatic carbocycles. The number of ether oxygens (including phenoxy) is 1. The van der Waals surface area contributed by atoms with Gasteiger partial charge in [0, 0.05) is 23.4 Å². The van der Waals surface area contributed by atoms with Crippen LogP contribution < -0.4 is 9.64 Å². The minimum absolute atomic E-state index is 0.0918. The zero-order valence-corrected chi connectivity index (χ0v) is 17.0. The Labute approximate surface area is 183 Å². The summed E-state index contributed by atoms with van der Waals surface area (Å²) in [5, 5.41) is 21.9. The molecule has 8 nitrogen and oxygen atoms in total. The number of benzene rings is 3. The zero-order valence-electron chi connectivity index (χ0n) is 17.0. The summed E-state index contributed by atoms with van der Waals surface area (Å²) < 4.78 is 5.17. The average Bonchev–Trinajstić information content (AvgIpc) is 3.09. The summed E-state index contributed by atoms with van der Waals surface area (Å²) >= 11 is 0. The largest absolute Gasteiger partial charge is 0.507 e. The maximum Gasteiger partial charge on any atom is 0.300 e. The summed E-state index contributed by atoms with van der Waals surface area (Å²) in [4.78, 5) is 37.8. The molecule has 3 aromatic rings. The van der Waals surface area contributed by atoms with Crippen molar-refractivity contribution in [1.29, 1.82) is 0 Å². The predicted molar refractivity (Wildman–Crippen MR) is 117 cm³/mol. The normalized spacial score (nSPS) is 17.4. The first-order valence-corrected chi connectivity index (χ1v) is 9.67. The molecule has 0 aromatic heterocycles. The van der Waals surface area contributed by atoms with E-state index < -0.39 is 28.4 Å². The van der Waals surface area contributed by atoms with Gasteiger partial charge in [0.1, 0.15) is 11.5 Å². The van der Waals surface area contributed by atoms with E-state index in [9.17, 15) is 24.8 Å². The molecule has 1 heterocycles. The highest BCUT2D eigenvalue weighted by Crippen LogP contribution is 2.42. The van der Waals surface area contributed by atoms with Crippen molar-refractivity contribution in [2.45, 2.75) is 6.04 Å². The van der Waals surface area contributed by atoms with Crippen LogP contribution in [0.15, 0.2) is 84.4 Å². The number of nitrogens with zero attached hydrogens (tertiary/aromatic N) is 2. The number of hydrogen-bond acceptors (Lipinski definition) is 6. The van der Waals surface area contributed by atoms with Gasteiger partial charge in [0.25, 0.3) is 17.4 Å². The predicted octanol–water partition coefficient (Wildman–Crippen LogP) is 4.23. The summed E-state index contributed by atoms with van der Waals surface area (Å²) in [5.74, 6) is -1.44. The van der Waals surface area contributed by atoms with Crippen molar-refractivity contribution in [2.75, 3.05) is 12.0 Å². The number of nitro groups is 1. The first-order chi connectivity index (χ1) is 15.4. The van der Waals surface area contributed by atoms with Crippen molar-refractivity contribution in [3.8, 4) is 5.75 Å². The Morgan fingerprint density at radius 1 is 0.969 bits per heavy atom. The Bertz CT molecular complexity index is 1220. The van der Waals surface area contributed by atoms with Crippen molar-refractivity contribution in [3.63, 3.8) is 0 Å². The smallest absolute Gasteiger partial charge is 0.300 e. The quantitative estimate of drug-likeness (QED) is 0.213. The van der Waals surface area contributed by atoms with Gasteiger partial charge in [-0.1, -0.05) is 30.3 Å². The Morgan fingerprint density at radius 3 is 2.16 bits per heavy atom. The average molecular weight is 430 g/mol. The summed E-state index contributed by atoms with van der Waals surface area (Å²) in [6.07, 6.45) is 0. The van der Waals surface area contributed by atoms with Gasteiger partial charge in [-0.2, -0.15) is 0 Å². The fourth-order valence-corrected chi connectivity index (χ4v) is 3.69. The van der Waals surface area contributed by atoms with E-state index in [1.54, 1.807) is 54.6 Å². The number of amides is 1. The number of methoxy groups -OCH3 is 1. The van der Waals surface area contributed by atoms with Gasteiger partial charge in [0.15, 0.2) is 0 Å². The van der Waals surface area contributed by atoms with Crippen LogP contribution in [0.2, 0.25) is 0 Å². The molecule has 160 valence electrons. The Balaban J connectivity index is 1.88. The number of aliphatic hydroxyl groups is 1. The number of hydrogen-bond donors (Lipinski definition) is 1. The third kappa shape index (κ3) is 3.58. The zero-order chi connectivity index (χ0) is 22.8. The molecule has 0 bridgehead atoms. The number of carbonyl (C=O) groups is 2.